The van der Waals surface area contributed by atoms with E-state index >= 15 is 0 Å². The van der Waals surface area contributed by atoms with E-state index in [1.165, 1.54) is 51.4 Å². The number of allylic oxidation sites excluding steroid dienone is 8. The molecule has 0 aliphatic carbocycles. The highest BCUT2D eigenvalue weighted by Crippen LogP contribution is 2.43. The fraction of sp³-hybridized carbons (Fsp3) is 0.780. The molecule has 0 aromatic carbocycles. The molecule has 0 heterocycles. The van der Waals surface area contributed by atoms with Gasteiger partial charge >= 0.3 is 7.82 Å². The number of rotatable bonds is 35. The Labute approximate surface area is 308 Å². The molecule has 0 aliphatic heterocycles. The van der Waals surface area contributed by atoms with Crippen molar-refractivity contribution in [3.8, 4) is 0 Å². The van der Waals surface area contributed by atoms with Gasteiger partial charge in [-0.1, -0.05) is 146 Å². The van der Waals surface area contributed by atoms with E-state index in [1.54, 1.807) is 0 Å². The molecule has 0 saturated carbocycles. The first-order valence-electron chi connectivity index (χ1n) is 20.0. The molecule has 0 fully saturated rings. The lowest BCUT2D eigenvalue weighted by atomic mass is 10.0. The van der Waals surface area contributed by atoms with Crippen LogP contribution < -0.4 is 5.32 Å². The van der Waals surface area contributed by atoms with Crippen molar-refractivity contribution >= 4 is 13.7 Å². The van der Waals surface area contributed by atoms with Crippen molar-refractivity contribution in [2.24, 2.45) is 0 Å². The molecule has 50 heavy (non-hydrogen) atoms. The van der Waals surface area contributed by atoms with Crippen molar-refractivity contribution in [1.82, 2.24) is 5.32 Å². The Kier molecular flexibility index (Phi) is 32.3. The number of aliphatic hydroxyl groups is 1. The zero-order valence-corrected chi connectivity index (χ0v) is 33.8. The number of phosphoric acid groups is 1. The summed E-state index contributed by atoms with van der Waals surface area (Å²) in [7, 11) is 1.60. The quantitative estimate of drug-likeness (QED) is 0.0260. The van der Waals surface area contributed by atoms with Gasteiger partial charge in [-0.3, -0.25) is 13.8 Å². The van der Waals surface area contributed by atoms with Crippen LogP contribution in [0.3, 0.4) is 0 Å². The molecule has 3 atom stereocenters. The van der Waals surface area contributed by atoms with Crippen LogP contribution >= 0.6 is 7.82 Å². The predicted octanol–water partition coefficient (Wildman–Crippen LogP) is 10.5. The third kappa shape index (κ3) is 34.9. The Morgan fingerprint density at radius 2 is 1.20 bits per heavy atom. The molecule has 0 radical (unpaired) electrons. The molecule has 0 aromatic rings. The SMILES string of the molecule is CC/C=C\C/C=C\C/C=C\C/C=C\CCCCCCCCCCCCC(=O)NC(COP(=O)(O)OCC[N+](C)(C)C)C(O)CCCCCCC. The third-order valence-electron chi connectivity index (χ3n) is 8.59. The summed E-state index contributed by atoms with van der Waals surface area (Å²) in [5.74, 6) is -0.160. The number of phosphoric ester groups is 1. The van der Waals surface area contributed by atoms with Gasteiger partial charge in [0.15, 0.2) is 0 Å². The van der Waals surface area contributed by atoms with Crippen LogP contribution in [0, 0.1) is 0 Å². The van der Waals surface area contributed by atoms with Crippen molar-refractivity contribution < 1.29 is 32.9 Å². The molecule has 3 unspecified atom stereocenters. The number of aliphatic hydroxyl groups excluding tert-OH is 1. The summed E-state index contributed by atoms with van der Waals surface area (Å²) >= 11 is 0. The second-order valence-electron chi connectivity index (χ2n) is 14.6. The molecule has 0 aliphatic rings. The lowest BCUT2D eigenvalue weighted by Crippen LogP contribution is -2.46. The zero-order chi connectivity index (χ0) is 37.2. The second-order valence-corrected chi connectivity index (χ2v) is 16.1. The average Bonchev–Trinajstić information content (AvgIpc) is 3.06. The lowest BCUT2D eigenvalue weighted by molar-refractivity contribution is -0.870. The Balaban J connectivity index is 4.11. The number of quaternary nitrogens is 1. The number of likely N-dealkylation sites (N-methyl/N-ethyl adjacent to an activating group) is 1. The Morgan fingerprint density at radius 3 is 1.76 bits per heavy atom. The number of unbranched alkanes of at least 4 members (excludes halogenated alkanes) is 14. The van der Waals surface area contributed by atoms with E-state index < -0.39 is 20.0 Å². The molecule has 0 bridgehead atoms. The first-order chi connectivity index (χ1) is 24.0. The summed E-state index contributed by atoms with van der Waals surface area (Å²) in [6, 6.07) is -0.759. The molecule has 0 saturated heterocycles. The predicted molar refractivity (Wildman–Crippen MR) is 212 cm³/mol. The van der Waals surface area contributed by atoms with Gasteiger partial charge in [-0.15, -0.1) is 0 Å². The molecule has 8 nitrogen and oxygen atoms in total. The van der Waals surface area contributed by atoms with Gasteiger partial charge in [0.05, 0.1) is 39.9 Å². The number of nitrogens with zero attached hydrogens (tertiary/aromatic N) is 1. The van der Waals surface area contributed by atoms with Crippen molar-refractivity contribution in [2.75, 3.05) is 40.9 Å². The topological polar surface area (TPSA) is 105 Å². The van der Waals surface area contributed by atoms with E-state index in [1.807, 2.05) is 21.1 Å². The molecular weight excluding hydrogens is 647 g/mol. The Bertz CT molecular complexity index is 959. The number of carbonyl (C=O) groups excluding carboxylic acids is 1. The van der Waals surface area contributed by atoms with Crippen LogP contribution in [-0.4, -0.2) is 73.4 Å². The van der Waals surface area contributed by atoms with Crippen molar-refractivity contribution in [3.05, 3.63) is 48.6 Å². The van der Waals surface area contributed by atoms with E-state index in [9.17, 15) is 19.4 Å². The van der Waals surface area contributed by atoms with Crippen molar-refractivity contribution in [1.29, 1.82) is 0 Å². The third-order valence-corrected chi connectivity index (χ3v) is 9.58. The van der Waals surface area contributed by atoms with Gasteiger partial charge in [-0.05, 0) is 51.4 Å². The molecule has 292 valence electrons. The van der Waals surface area contributed by atoms with Gasteiger partial charge in [0.2, 0.25) is 5.91 Å². The van der Waals surface area contributed by atoms with Crippen molar-refractivity contribution in [3.63, 3.8) is 0 Å². The standard InChI is InChI=1S/C41H77N2O6P/c1-6-8-10-12-13-14-15-16-17-18-19-20-21-22-23-24-25-26-27-28-29-31-33-35-41(45)42-39(40(44)34-32-30-11-9-7-2)38-49-50(46,47)48-37-36-43(3,4)5/h8,10,13-14,16-17,19-20,39-40,44H,6-7,9,11-12,15,18,21-38H2,1-5H3,(H-,42,45,46,47)/p+1/b10-8-,14-13-,17-16-,20-19-. The summed E-state index contributed by atoms with van der Waals surface area (Å²) in [6.45, 7) is 4.66. The largest absolute Gasteiger partial charge is 0.472 e. The fourth-order valence-corrected chi connectivity index (χ4v) is 6.12. The van der Waals surface area contributed by atoms with Crippen molar-refractivity contribution in [2.45, 2.75) is 167 Å². The molecule has 0 aromatic heterocycles. The summed E-state index contributed by atoms with van der Waals surface area (Å²) in [5, 5.41) is 13.7. The molecule has 0 spiro atoms. The smallest absolute Gasteiger partial charge is 0.391 e. The van der Waals surface area contributed by atoms with Crippen LogP contribution in [0.1, 0.15) is 155 Å². The highest BCUT2D eigenvalue weighted by atomic mass is 31.2. The first kappa shape index (κ1) is 48.5. The summed E-state index contributed by atoms with van der Waals surface area (Å²) in [4.78, 5) is 22.9. The molecule has 3 N–H and O–H groups in total. The highest BCUT2D eigenvalue weighted by Gasteiger charge is 2.28. The van der Waals surface area contributed by atoms with E-state index in [0.29, 0.717) is 23.9 Å². The zero-order valence-electron chi connectivity index (χ0n) is 32.9. The molecular formula is C41H78N2O6P+. The van der Waals surface area contributed by atoms with Gasteiger partial charge in [0, 0.05) is 6.42 Å². The van der Waals surface area contributed by atoms with Crippen LogP contribution in [0.4, 0.5) is 0 Å². The van der Waals surface area contributed by atoms with Crippen LogP contribution in [0.15, 0.2) is 48.6 Å². The molecule has 0 rings (SSSR count). The van der Waals surface area contributed by atoms with E-state index in [0.717, 1.165) is 77.0 Å². The number of nitrogens with one attached hydrogen (secondary N) is 1. The van der Waals surface area contributed by atoms with Crippen LogP contribution in [-0.2, 0) is 18.4 Å². The number of carbonyl (C=O) groups is 1. The Morgan fingerprint density at radius 1 is 0.700 bits per heavy atom. The fourth-order valence-electron chi connectivity index (χ4n) is 5.39. The van der Waals surface area contributed by atoms with E-state index in [4.69, 9.17) is 9.05 Å². The van der Waals surface area contributed by atoms with Crippen LogP contribution in [0.5, 0.6) is 0 Å². The Hall–Kier alpha value is -1.54. The normalized spacial score (nSPS) is 15.1. The average molecular weight is 726 g/mol. The van der Waals surface area contributed by atoms with Gasteiger partial charge in [0.25, 0.3) is 0 Å². The van der Waals surface area contributed by atoms with E-state index in [2.05, 4.69) is 67.8 Å². The number of amides is 1. The minimum absolute atomic E-state index is 0.0710. The highest BCUT2D eigenvalue weighted by molar-refractivity contribution is 7.47. The maximum absolute atomic E-state index is 12.7. The lowest BCUT2D eigenvalue weighted by Gasteiger charge is -2.26. The minimum atomic E-state index is -4.30. The van der Waals surface area contributed by atoms with E-state index in [-0.39, 0.29) is 19.1 Å². The summed E-state index contributed by atoms with van der Waals surface area (Å²) in [5.41, 5.74) is 0. The summed E-state index contributed by atoms with van der Waals surface area (Å²) < 4.78 is 23.4. The maximum Gasteiger partial charge on any atom is 0.472 e. The number of hydrogen-bond acceptors (Lipinski definition) is 5. The summed E-state index contributed by atoms with van der Waals surface area (Å²) in [6.07, 6.45) is 40.3. The monoisotopic (exact) mass is 726 g/mol. The minimum Gasteiger partial charge on any atom is -0.391 e. The molecule has 9 heteroatoms. The number of hydrogen-bond donors (Lipinski definition) is 3. The van der Waals surface area contributed by atoms with Crippen LogP contribution in [0.25, 0.3) is 0 Å². The van der Waals surface area contributed by atoms with Gasteiger partial charge in [-0.2, -0.15) is 0 Å². The molecule has 1 amide bonds. The van der Waals surface area contributed by atoms with Gasteiger partial charge < -0.3 is 19.8 Å². The van der Waals surface area contributed by atoms with Gasteiger partial charge in [-0.25, -0.2) is 4.57 Å². The maximum atomic E-state index is 12.7. The first-order valence-corrected chi connectivity index (χ1v) is 21.5. The van der Waals surface area contributed by atoms with Crippen LogP contribution in [0.2, 0.25) is 0 Å². The second kappa shape index (κ2) is 33.3. The van der Waals surface area contributed by atoms with Gasteiger partial charge in [0.1, 0.15) is 13.2 Å².